The minimum Gasteiger partial charge on any atom is -0.386 e. The Morgan fingerprint density at radius 1 is 0.446 bits per heavy atom. The van der Waals surface area contributed by atoms with E-state index >= 15 is 0 Å². The molecule has 56 heavy (non-hydrogen) atoms. The fraction of sp³-hybridized carbons (Fsp3) is 0.0189. The Kier molecular flexibility index (Phi) is 7.56. The summed E-state index contributed by atoms with van der Waals surface area (Å²) in [5.41, 5.74) is 17.8. The number of aromatic nitrogens is 1. The normalized spacial score (nSPS) is 13.2. The van der Waals surface area contributed by atoms with Crippen LogP contribution in [0.4, 0.5) is 17.1 Å². The number of allylic oxidation sites excluding steroid dienone is 2. The molecule has 3 heteroatoms. The number of nitrogens with zero attached hydrogens (tertiary/aromatic N) is 2. The van der Waals surface area contributed by atoms with Gasteiger partial charge in [-0.2, -0.15) is 0 Å². The Morgan fingerprint density at radius 2 is 1.05 bits per heavy atom. The van der Waals surface area contributed by atoms with Gasteiger partial charge >= 0.3 is 0 Å². The number of hydrogen-bond donors (Lipinski definition) is 1. The van der Waals surface area contributed by atoms with Crippen LogP contribution in [0.2, 0.25) is 0 Å². The Hall–Kier alpha value is -7.36. The van der Waals surface area contributed by atoms with Gasteiger partial charge in [-0.15, -0.1) is 0 Å². The molecule has 8 aromatic carbocycles. The van der Waals surface area contributed by atoms with Gasteiger partial charge in [-0.1, -0.05) is 152 Å². The highest BCUT2D eigenvalue weighted by atomic mass is 15.2. The molecule has 0 aliphatic carbocycles. The average molecular weight is 716 g/mol. The first-order valence-corrected chi connectivity index (χ1v) is 19.3. The van der Waals surface area contributed by atoms with Crippen LogP contribution < -0.4 is 10.2 Å². The largest absolute Gasteiger partial charge is 0.386 e. The standard InChI is InChI=1S/C53H37N3/c1-2-15-36(16-3-1)40-31-41(35-54-34-40)38-19-12-21-42(32-38)55-49-28-9-6-24-46(49)52-47-25-7-10-29-50(47)56(53(52)48-26-8-11-30-51(48)55)43-22-13-20-39(33-43)45-27-14-18-37-17-4-5-23-44(37)45/h1-33,35,54H,34H2. The van der Waals surface area contributed by atoms with Crippen molar-refractivity contribution in [3.8, 4) is 39.2 Å². The lowest BCUT2D eigenvalue weighted by Crippen LogP contribution is -2.14. The lowest BCUT2D eigenvalue weighted by molar-refractivity contribution is 0.990. The second-order valence-corrected chi connectivity index (χ2v) is 14.6. The number of benzene rings is 8. The summed E-state index contributed by atoms with van der Waals surface area (Å²) in [4.78, 5) is 2.46. The number of rotatable bonds is 5. The van der Waals surface area contributed by atoms with Gasteiger partial charge in [0.05, 0.1) is 22.6 Å². The number of dihydropyridines is 1. The highest BCUT2D eigenvalue weighted by Crippen LogP contribution is 2.54. The molecule has 3 heterocycles. The van der Waals surface area contributed by atoms with Crippen molar-refractivity contribution in [1.29, 1.82) is 0 Å². The molecular formula is C53H37N3. The van der Waals surface area contributed by atoms with E-state index in [0.29, 0.717) is 0 Å². The summed E-state index contributed by atoms with van der Waals surface area (Å²) in [7, 11) is 0. The van der Waals surface area contributed by atoms with Crippen molar-refractivity contribution in [1.82, 2.24) is 9.88 Å². The summed E-state index contributed by atoms with van der Waals surface area (Å²) in [6, 6.07) is 70.7. The van der Waals surface area contributed by atoms with Crippen LogP contribution in [0.5, 0.6) is 0 Å². The first-order chi connectivity index (χ1) is 27.8. The van der Waals surface area contributed by atoms with E-state index in [4.69, 9.17) is 0 Å². The third-order valence-corrected chi connectivity index (χ3v) is 11.4. The molecule has 2 aliphatic rings. The molecule has 0 atom stereocenters. The molecule has 0 spiro atoms. The van der Waals surface area contributed by atoms with E-state index in [9.17, 15) is 0 Å². The average Bonchev–Trinajstić information content (AvgIpc) is 3.56. The quantitative estimate of drug-likeness (QED) is 0.191. The molecule has 0 saturated heterocycles. The van der Waals surface area contributed by atoms with Crippen LogP contribution in [0.3, 0.4) is 0 Å². The van der Waals surface area contributed by atoms with Crippen LogP contribution in [0.25, 0.3) is 72.0 Å². The zero-order valence-electron chi connectivity index (χ0n) is 30.7. The highest BCUT2D eigenvalue weighted by molar-refractivity contribution is 6.13. The summed E-state index contributed by atoms with van der Waals surface area (Å²) < 4.78 is 2.49. The van der Waals surface area contributed by atoms with Gasteiger partial charge in [0.15, 0.2) is 0 Å². The van der Waals surface area contributed by atoms with Gasteiger partial charge in [0, 0.05) is 46.2 Å². The van der Waals surface area contributed by atoms with Crippen LogP contribution in [-0.2, 0) is 0 Å². The minimum absolute atomic E-state index is 0.806. The number of nitrogens with one attached hydrogen (secondary N) is 1. The fourth-order valence-corrected chi connectivity index (χ4v) is 8.86. The topological polar surface area (TPSA) is 20.2 Å². The van der Waals surface area contributed by atoms with Crippen molar-refractivity contribution in [2.24, 2.45) is 0 Å². The summed E-state index contributed by atoms with van der Waals surface area (Å²) in [6.45, 7) is 0.806. The lowest BCUT2D eigenvalue weighted by atomic mass is 9.96. The zero-order chi connectivity index (χ0) is 37.0. The molecule has 2 aliphatic heterocycles. The lowest BCUT2D eigenvalue weighted by Gasteiger charge is -2.28. The third kappa shape index (κ3) is 5.20. The molecule has 0 bridgehead atoms. The monoisotopic (exact) mass is 715 g/mol. The molecule has 0 saturated carbocycles. The van der Waals surface area contributed by atoms with Crippen molar-refractivity contribution in [2.75, 3.05) is 11.4 Å². The second-order valence-electron chi connectivity index (χ2n) is 14.6. The first kappa shape index (κ1) is 32.1. The van der Waals surface area contributed by atoms with Crippen molar-refractivity contribution >= 4 is 49.9 Å². The van der Waals surface area contributed by atoms with E-state index in [1.807, 2.05) is 0 Å². The van der Waals surface area contributed by atoms with Crippen molar-refractivity contribution in [3.63, 3.8) is 0 Å². The molecule has 1 aromatic heterocycles. The van der Waals surface area contributed by atoms with Gasteiger partial charge in [-0.05, 0) is 92.7 Å². The van der Waals surface area contributed by atoms with Crippen LogP contribution in [0.1, 0.15) is 11.1 Å². The molecule has 0 unspecified atom stereocenters. The number of para-hydroxylation sites is 3. The number of hydrogen-bond acceptors (Lipinski definition) is 2. The van der Waals surface area contributed by atoms with Crippen molar-refractivity contribution in [2.45, 2.75) is 0 Å². The Balaban J connectivity index is 1.12. The van der Waals surface area contributed by atoms with Crippen LogP contribution in [0, 0.1) is 0 Å². The predicted octanol–water partition coefficient (Wildman–Crippen LogP) is 13.6. The van der Waals surface area contributed by atoms with E-state index in [2.05, 4.69) is 221 Å². The Bertz CT molecular complexity index is 3030. The van der Waals surface area contributed by atoms with Crippen molar-refractivity contribution in [3.05, 3.63) is 218 Å². The fourth-order valence-electron chi connectivity index (χ4n) is 8.86. The van der Waals surface area contributed by atoms with Gasteiger partial charge in [-0.25, -0.2) is 0 Å². The van der Waals surface area contributed by atoms with Crippen LogP contribution in [-0.4, -0.2) is 11.1 Å². The molecule has 264 valence electrons. The van der Waals surface area contributed by atoms with E-state index in [-0.39, 0.29) is 0 Å². The predicted molar refractivity (Wildman–Crippen MR) is 236 cm³/mol. The van der Waals surface area contributed by atoms with Crippen LogP contribution in [0.15, 0.2) is 206 Å². The molecule has 0 radical (unpaired) electrons. The molecule has 3 nitrogen and oxygen atoms in total. The smallest absolute Gasteiger partial charge is 0.0641 e. The zero-order valence-corrected chi connectivity index (χ0v) is 30.7. The SMILES string of the molecule is C1=C(c2cccc(N3c4ccccc4-c4c(n(-c5cccc(-c6cccc7ccccc67)c5)c5ccccc45)-c4ccccc43)c2)C=C(c2ccccc2)CN1. The minimum atomic E-state index is 0.806. The Morgan fingerprint density at radius 3 is 1.93 bits per heavy atom. The maximum atomic E-state index is 3.55. The molecule has 1 N–H and O–H groups in total. The van der Waals surface area contributed by atoms with Gasteiger partial charge in [0.1, 0.15) is 0 Å². The maximum Gasteiger partial charge on any atom is 0.0641 e. The summed E-state index contributed by atoms with van der Waals surface area (Å²) >= 11 is 0. The Labute approximate surface area is 326 Å². The van der Waals surface area contributed by atoms with E-state index in [1.165, 1.54) is 77.5 Å². The summed E-state index contributed by atoms with van der Waals surface area (Å²) in [6.07, 6.45) is 4.47. The van der Waals surface area contributed by atoms with E-state index in [1.54, 1.807) is 0 Å². The number of anilines is 3. The van der Waals surface area contributed by atoms with Crippen molar-refractivity contribution < 1.29 is 0 Å². The first-order valence-electron chi connectivity index (χ1n) is 19.3. The number of fused-ring (bicyclic) bond motifs is 8. The summed E-state index contributed by atoms with van der Waals surface area (Å²) in [5.74, 6) is 0. The highest BCUT2D eigenvalue weighted by Gasteiger charge is 2.31. The van der Waals surface area contributed by atoms with E-state index < -0.39 is 0 Å². The van der Waals surface area contributed by atoms with Gasteiger partial charge in [-0.3, -0.25) is 0 Å². The van der Waals surface area contributed by atoms with Gasteiger partial charge in [0.25, 0.3) is 0 Å². The third-order valence-electron chi connectivity index (χ3n) is 11.4. The van der Waals surface area contributed by atoms with Gasteiger partial charge in [0.2, 0.25) is 0 Å². The van der Waals surface area contributed by atoms with E-state index in [0.717, 1.165) is 29.3 Å². The van der Waals surface area contributed by atoms with Gasteiger partial charge < -0.3 is 14.8 Å². The van der Waals surface area contributed by atoms with Crippen LogP contribution >= 0.6 is 0 Å². The molecule has 0 fully saturated rings. The maximum absolute atomic E-state index is 3.55. The second kappa shape index (κ2) is 13.2. The molecule has 0 amide bonds. The molecule has 11 rings (SSSR count). The molecule has 9 aromatic rings. The molecular weight excluding hydrogens is 679 g/mol. The summed E-state index contributed by atoms with van der Waals surface area (Å²) in [5, 5.41) is 7.28.